The van der Waals surface area contributed by atoms with Crippen LogP contribution in [0.2, 0.25) is 0 Å². The maximum atomic E-state index is 11.2. The topological polar surface area (TPSA) is 103 Å². The molecule has 160 valence electrons. The Morgan fingerprint density at radius 3 is 2.45 bits per heavy atom. The number of nitrogens with zero attached hydrogens (tertiary/aromatic N) is 4. The summed E-state index contributed by atoms with van der Waals surface area (Å²) in [7, 11) is 0. The molecule has 0 atom stereocenters. The standard InChI is InChI=1S/C23H26N6O2/c30-22(28-31)9-5-13-25-20-16-21(27-23(26-20)19-8-3-4-12-24-19)29-14-10-17-6-1-2-7-18(17)11-15-29/h1-4,6-8,12,16,31H,5,9-11,13-15H2,(H,28,30)(H,25,26,27). The molecule has 8 heteroatoms. The number of carbonyl (C=O) groups excluding carboxylic acids is 1. The lowest BCUT2D eigenvalue weighted by molar-refractivity contribution is -0.129. The van der Waals surface area contributed by atoms with Gasteiger partial charge in [-0.3, -0.25) is 15.0 Å². The van der Waals surface area contributed by atoms with Gasteiger partial charge in [0.25, 0.3) is 0 Å². The Morgan fingerprint density at radius 2 is 1.77 bits per heavy atom. The lowest BCUT2D eigenvalue weighted by Crippen LogP contribution is -2.27. The predicted octanol–water partition coefficient (Wildman–Crippen LogP) is 2.84. The van der Waals surface area contributed by atoms with Crippen LogP contribution in [0.25, 0.3) is 11.5 Å². The molecular weight excluding hydrogens is 392 g/mol. The van der Waals surface area contributed by atoms with Crippen LogP contribution in [0.5, 0.6) is 0 Å². The molecule has 1 aliphatic rings. The van der Waals surface area contributed by atoms with E-state index in [-0.39, 0.29) is 6.42 Å². The van der Waals surface area contributed by atoms with Crippen LogP contribution in [0.15, 0.2) is 54.7 Å². The van der Waals surface area contributed by atoms with E-state index in [1.54, 1.807) is 11.7 Å². The first-order valence-corrected chi connectivity index (χ1v) is 10.5. The van der Waals surface area contributed by atoms with Crippen molar-refractivity contribution in [3.8, 4) is 11.5 Å². The van der Waals surface area contributed by atoms with Gasteiger partial charge in [0, 0.05) is 38.3 Å². The Hall–Kier alpha value is -3.52. The van der Waals surface area contributed by atoms with Crippen LogP contribution < -0.4 is 15.7 Å². The number of hydrogen-bond acceptors (Lipinski definition) is 7. The normalized spacial score (nSPS) is 13.3. The molecule has 3 heterocycles. The summed E-state index contributed by atoms with van der Waals surface area (Å²) in [4.78, 5) is 27.4. The number of anilines is 2. The van der Waals surface area contributed by atoms with Crippen LogP contribution >= 0.6 is 0 Å². The molecule has 4 rings (SSSR count). The Labute approximate surface area is 181 Å². The van der Waals surface area contributed by atoms with E-state index in [9.17, 15) is 4.79 Å². The zero-order valence-electron chi connectivity index (χ0n) is 17.3. The minimum atomic E-state index is -0.400. The van der Waals surface area contributed by atoms with Gasteiger partial charge in [-0.1, -0.05) is 30.3 Å². The summed E-state index contributed by atoms with van der Waals surface area (Å²) >= 11 is 0. The molecule has 0 unspecified atom stereocenters. The van der Waals surface area contributed by atoms with Crippen molar-refractivity contribution in [2.75, 3.05) is 29.9 Å². The van der Waals surface area contributed by atoms with Crippen LogP contribution in [-0.4, -0.2) is 45.7 Å². The first-order chi connectivity index (χ1) is 15.2. The monoisotopic (exact) mass is 418 g/mol. The molecule has 1 aliphatic heterocycles. The first kappa shape index (κ1) is 20.7. The summed E-state index contributed by atoms with van der Waals surface area (Å²) in [6, 6.07) is 16.2. The van der Waals surface area contributed by atoms with Gasteiger partial charge < -0.3 is 10.2 Å². The minimum absolute atomic E-state index is 0.235. The molecule has 1 aromatic carbocycles. The second kappa shape index (κ2) is 9.99. The van der Waals surface area contributed by atoms with Gasteiger partial charge in [-0.05, 0) is 42.5 Å². The van der Waals surface area contributed by atoms with E-state index in [0.717, 1.165) is 31.7 Å². The molecule has 0 saturated carbocycles. The van der Waals surface area contributed by atoms with Crippen molar-refractivity contribution >= 4 is 17.5 Å². The summed E-state index contributed by atoms with van der Waals surface area (Å²) in [6.45, 7) is 2.31. The summed E-state index contributed by atoms with van der Waals surface area (Å²) in [5.41, 5.74) is 5.15. The molecule has 31 heavy (non-hydrogen) atoms. The van der Waals surface area contributed by atoms with Crippen LogP contribution in [-0.2, 0) is 17.6 Å². The molecular formula is C23H26N6O2. The second-order valence-corrected chi connectivity index (χ2v) is 7.47. The Bertz CT molecular complexity index is 1000. The summed E-state index contributed by atoms with van der Waals surface area (Å²) < 4.78 is 0. The number of amides is 1. The number of fused-ring (bicyclic) bond motifs is 1. The lowest BCUT2D eigenvalue weighted by Gasteiger charge is -2.22. The van der Waals surface area contributed by atoms with E-state index in [4.69, 9.17) is 10.2 Å². The SMILES string of the molecule is O=C(CCCNc1cc(N2CCc3ccccc3CC2)nc(-c2ccccn2)n1)NO. The quantitative estimate of drug-likeness (QED) is 0.308. The van der Waals surface area contributed by atoms with E-state index in [0.29, 0.717) is 30.3 Å². The van der Waals surface area contributed by atoms with Crippen LogP contribution in [0.4, 0.5) is 11.6 Å². The fourth-order valence-electron chi connectivity index (χ4n) is 3.71. The molecule has 0 bridgehead atoms. The first-order valence-electron chi connectivity index (χ1n) is 10.5. The van der Waals surface area contributed by atoms with Crippen molar-refractivity contribution in [1.29, 1.82) is 0 Å². The van der Waals surface area contributed by atoms with Crippen molar-refractivity contribution in [2.45, 2.75) is 25.7 Å². The van der Waals surface area contributed by atoms with E-state index >= 15 is 0 Å². The third-order valence-corrected chi connectivity index (χ3v) is 5.36. The largest absolute Gasteiger partial charge is 0.370 e. The fraction of sp³-hybridized carbons (Fsp3) is 0.304. The zero-order valence-corrected chi connectivity index (χ0v) is 17.3. The van der Waals surface area contributed by atoms with Gasteiger partial charge in [-0.15, -0.1) is 0 Å². The molecule has 0 radical (unpaired) electrons. The highest BCUT2D eigenvalue weighted by molar-refractivity contribution is 5.74. The molecule has 0 saturated heterocycles. The van der Waals surface area contributed by atoms with E-state index < -0.39 is 5.91 Å². The van der Waals surface area contributed by atoms with E-state index in [2.05, 4.69) is 44.5 Å². The average Bonchev–Trinajstić information content (AvgIpc) is 3.05. The van der Waals surface area contributed by atoms with Gasteiger partial charge in [-0.2, -0.15) is 0 Å². The van der Waals surface area contributed by atoms with E-state index in [1.165, 1.54) is 11.1 Å². The molecule has 8 nitrogen and oxygen atoms in total. The van der Waals surface area contributed by atoms with Crippen molar-refractivity contribution in [3.05, 3.63) is 65.9 Å². The molecule has 3 aromatic rings. The van der Waals surface area contributed by atoms with Crippen LogP contribution in [0.1, 0.15) is 24.0 Å². The number of aromatic nitrogens is 3. The van der Waals surface area contributed by atoms with Gasteiger partial charge in [0.2, 0.25) is 5.91 Å². The van der Waals surface area contributed by atoms with Crippen LogP contribution in [0.3, 0.4) is 0 Å². The summed E-state index contributed by atoms with van der Waals surface area (Å²) in [5.74, 6) is 1.72. The van der Waals surface area contributed by atoms with Crippen molar-refractivity contribution in [1.82, 2.24) is 20.4 Å². The number of pyridine rings is 1. The third-order valence-electron chi connectivity index (χ3n) is 5.36. The fourth-order valence-corrected chi connectivity index (χ4v) is 3.71. The molecule has 0 aliphatic carbocycles. The Morgan fingerprint density at radius 1 is 1.03 bits per heavy atom. The Balaban J connectivity index is 1.55. The zero-order chi connectivity index (χ0) is 21.5. The maximum Gasteiger partial charge on any atom is 0.243 e. The van der Waals surface area contributed by atoms with E-state index in [1.807, 2.05) is 24.3 Å². The van der Waals surface area contributed by atoms with Crippen LogP contribution in [0, 0.1) is 0 Å². The molecule has 0 fully saturated rings. The number of rotatable bonds is 7. The lowest BCUT2D eigenvalue weighted by atomic mass is 10.0. The maximum absolute atomic E-state index is 11.2. The Kier molecular flexibility index (Phi) is 6.68. The highest BCUT2D eigenvalue weighted by Gasteiger charge is 2.17. The second-order valence-electron chi connectivity index (χ2n) is 7.47. The number of hydroxylamine groups is 1. The highest BCUT2D eigenvalue weighted by atomic mass is 16.5. The van der Waals surface area contributed by atoms with Gasteiger partial charge in [0.05, 0.1) is 0 Å². The molecule has 1 amide bonds. The predicted molar refractivity (Wildman–Crippen MR) is 119 cm³/mol. The number of nitrogens with one attached hydrogen (secondary N) is 2. The summed E-state index contributed by atoms with van der Waals surface area (Å²) in [6.07, 6.45) is 4.48. The number of benzene rings is 1. The smallest absolute Gasteiger partial charge is 0.243 e. The van der Waals surface area contributed by atoms with Crippen molar-refractivity contribution < 1.29 is 10.0 Å². The number of carbonyl (C=O) groups is 1. The van der Waals surface area contributed by atoms with Crippen molar-refractivity contribution in [3.63, 3.8) is 0 Å². The third kappa shape index (κ3) is 5.35. The molecule has 0 spiro atoms. The molecule has 2 aromatic heterocycles. The van der Waals surface area contributed by atoms with Gasteiger partial charge in [0.1, 0.15) is 17.3 Å². The molecule has 3 N–H and O–H groups in total. The highest BCUT2D eigenvalue weighted by Crippen LogP contribution is 2.24. The van der Waals surface area contributed by atoms with Gasteiger partial charge in [-0.25, -0.2) is 15.4 Å². The van der Waals surface area contributed by atoms with Crippen molar-refractivity contribution in [2.24, 2.45) is 0 Å². The number of hydrogen-bond donors (Lipinski definition) is 3. The minimum Gasteiger partial charge on any atom is -0.370 e. The summed E-state index contributed by atoms with van der Waals surface area (Å²) in [5, 5.41) is 11.9. The average molecular weight is 419 g/mol. The van der Waals surface area contributed by atoms with Gasteiger partial charge >= 0.3 is 0 Å². The van der Waals surface area contributed by atoms with Gasteiger partial charge in [0.15, 0.2) is 5.82 Å².